The molecule has 1 aliphatic rings. The molecule has 1 fully saturated rings. The third-order valence-electron chi connectivity index (χ3n) is 3.18. The summed E-state index contributed by atoms with van der Waals surface area (Å²) in [5, 5.41) is 2.78. The third kappa shape index (κ3) is 3.54. The molecule has 1 heterocycles. The maximum absolute atomic E-state index is 11.9. The maximum Gasteiger partial charge on any atom is 0.323 e. The lowest BCUT2D eigenvalue weighted by Gasteiger charge is -2.32. The van der Waals surface area contributed by atoms with Crippen molar-refractivity contribution in [2.75, 3.05) is 25.0 Å². The van der Waals surface area contributed by atoms with E-state index in [1.807, 2.05) is 42.2 Å². The lowest BCUT2D eigenvalue weighted by molar-refractivity contribution is -0.158. The number of likely N-dealkylation sites (N-methyl/N-ethyl adjacent to an activating group) is 1. The van der Waals surface area contributed by atoms with Crippen molar-refractivity contribution in [3.63, 3.8) is 0 Å². The van der Waals surface area contributed by atoms with E-state index < -0.39 is 6.04 Å². The summed E-state index contributed by atoms with van der Waals surface area (Å²) in [6.07, 6.45) is 0.127. The van der Waals surface area contributed by atoms with Crippen LogP contribution in [0.3, 0.4) is 0 Å². The standard InChI is InChI=1S/C14H18N2O3/c1-2-16-8-9-19-14(18)12(16)10-13(17)15-11-6-4-3-5-7-11/h3-7,12H,2,8-10H2,1H3,(H,15,17)/t12-/m0/s1. The molecular formula is C14H18N2O3. The SMILES string of the molecule is CCN1CCOC(=O)[C@@H]1CC(=O)Nc1ccccc1. The molecule has 0 unspecified atom stereocenters. The van der Waals surface area contributed by atoms with Crippen LogP contribution in [0.25, 0.3) is 0 Å². The Bertz CT molecular complexity index is 447. The molecular weight excluding hydrogens is 244 g/mol. The predicted octanol–water partition coefficient (Wildman–Crippen LogP) is 1.26. The zero-order valence-electron chi connectivity index (χ0n) is 11.0. The molecule has 0 aliphatic carbocycles. The Balaban J connectivity index is 1.95. The van der Waals surface area contributed by atoms with Crippen LogP contribution < -0.4 is 5.32 Å². The molecule has 19 heavy (non-hydrogen) atoms. The number of esters is 1. The normalized spacial score (nSPS) is 19.8. The van der Waals surface area contributed by atoms with Gasteiger partial charge in [0, 0.05) is 12.2 Å². The molecule has 5 nitrogen and oxygen atoms in total. The fourth-order valence-electron chi connectivity index (χ4n) is 2.16. The van der Waals surface area contributed by atoms with Crippen LogP contribution in [-0.4, -0.2) is 42.5 Å². The van der Waals surface area contributed by atoms with Crippen molar-refractivity contribution < 1.29 is 14.3 Å². The monoisotopic (exact) mass is 262 g/mol. The number of para-hydroxylation sites is 1. The molecule has 0 radical (unpaired) electrons. The van der Waals surface area contributed by atoms with E-state index in [1.54, 1.807) is 0 Å². The highest BCUT2D eigenvalue weighted by molar-refractivity contribution is 5.94. The maximum atomic E-state index is 11.9. The third-order valence-corrected chi connectivity index (χ3v) is 3.18. The van der Waals surface area contributed by atoms with Gasteiger partial charge in [-0.2, -0.15) is 0 Å². The number of amides is 1. The van der Waals surface area contributed by atoms with E-state index >= 15 is 0 Å². The fourth-order valence-corrected chi connectivity index (χ4v) is 2.16. The second kappa shape index (κ2) is 6.33. The first-order chi connectivity index (χ1) is 9.20. The number of carbonyl (C=O) groups excluding carboxylic acids is 2. The van der Waals surface area contributed by atoms with Crippen molar-refractivity contribution in [3.05, 3.63) is 30.3 Å². The fraction of sp³-hybridized carbons (Fsp3) is 0.429. The smallest absolute Gasteiger partial charge is 0.323 e. The number of carbonyl (C=O) groups is 2. The van der Waals surface area contributed by atoms with E-state index in [0.717, 1.165) is 12.2 Å². The molecule has 1 aromatic rings. The van der Waals surface area contributed by atoms with Gasteiger partial charge in [-0.3, -0.25) is 14.5 Å². The lowest BCUT2D eigenvalue weighted by Crippen LogP contribution is -2.50. The Hall–Kier alpha value is -1.88. The Kier molecular flexibility index (Phi) is 4.52. The quantitative estimate of drug-likeness (QED) is 0.830. The second-order valence-electron chi connectivity index (χ2n) is 4.43. The van der Waals surface area contributed by atoms with E-state index in [-0.39, 0.29) is 18.3 Å². The van der Waals surface area contributed by atoms with Gasteiger partial charge in [-0.15, -0.1) is 0 Å². The average molecular weight is 262 g/mol. The number of nitrogens with zero attached hydrogens (tertiary/aromatic N) is 1. The molecule has 5 heteroatoms. The average Bonchev–Trinajstić information content (AvgIpc) is 2.42. The van der Waals surface area contributed by atoms with Crippen LogP contribution >= 0.6 is 0 Å². The van der Waals surface area contributed by atoms with Gasteiger partial charge in [0.05, 0.1) is 6.42 Å². The first-order valence-corrected chi connectivity index (χ1v) is 6.46. The highest BCUT2D eigenvalue weighted by Gasteiger charge is 2.32. The van der Waals surface area contributed by atoms with Crippen molar-refractivity contribution in [3.8, 4) is 0 Å². The minimum Gasteiger partial charge on any atom is -0.463 e. The molecule has 102 valence electrons. The van der Waals surface area contributed by atoms with Crippen LogP contribution in [0.4, 0.5) is 5.69 Å². The first-order valence-electron chi connectivity index (χ1n) is 6.46. The topological polar surface area (TPSA) is 58.6 Å². The molecule has 1 aliphatic heterocycles. The summed E-state index contributed by atoms with van der Waals surface area (Å²) >= 11 is 0. The van der Waals surface area contributed by atoms with E-state index in [4.69, 9.17) is 4.74 Å². The first kappa shape index (κ1) is 13.5. The van der Waals surface area contributed by atoms with Gasteiger partial charge in [-0.1, -0.05) is 25.1 Å². The number of nitrogens with one attached hydrogen (secondary N) is 1. The predicted molar refractivity (Wildman–Crippen MR) is 71.7 cm³/mol. The molecule has 2 rings (SSSR count). The number of hydrogen-bond acceptors (Lipinski definition) is 4. The Morgan fingerprint density at radius 1 is 1.42 bits per heavy atom. The summed E-state index contributed by atoms with van der Waals surface area (Å²) in [5.41, 5.74) is 0.736. The van der Waals surface area contributed by atoms with Crippen LogP contribution in [0, 0.1) is 0 Å². The van der Waals surface area contributed by atoms with Crippen LogP contribution in [0.2, 0.25) is 0 Å². The van der Waals surface area contributed by atoms with Gasteiger partial charge in [0.1, 0.15) is 12.6 Å². The summed E-state index contributed by atoms with van der Waals surface area (Å²) in [6.45, 7) is 3.80. The van der Waals surface area contributed by atoms with Crippen LogP contribution in [0.1, 0.15) is 13.3 Å². The number of cyclic esters (lactones) is 1. The minimum atomic E-state index is -0.470. The zero-order chi connectivity index (χ0) is 13.7. The Morgan fingerprint density at radius 2 is 2.16 bits per heavy atom. The summed E-state index contributed by atoms with van der Waals surface area (Å²) in [6, 6.07) is 8.74. The molecule has 1 aromatic carbocycles. The van der Waals surface area contributed by atoms with Crippen molar-refractivity contribution in [2.24, 2.45) is 0 Å². The molecule has 0 bridgehead atoms. The minimum absolute atomic E-state index is 0.127. The number of anilines is 1. The Morgan fingerprint density at radius 3 is 2.84 bits per heavy atom. The number of morpholine rings is 1. The van der Waals surface area contributed by atoms with Gasteiger partial charge in [-0.25, -0.2) is 0 Å². The van der Waals surface area contributed by atoms with Gasteiger partial charge in [0.15, 0.2) is 0 Å². The summed E-state index contributed by atoms with van der Waals surface area (Å²) in [7, 11) is 0. The number of ether oxygens (including phenoxy) is 1. The summed E-state index contributed by atoms with van der Waals surface area (Å²) in [5.74, 6) is -0.482. The largest absolute Gasteiger partial charge is 0.463 e. The number of rotatable bonds is 4. The van der Waals surface area contributed by atoms with Gasteiger partial charge in [-0.05, 0) is 18.7 Å². The van der Waals surface area contributed by atoms with Gasteiger partial charge in [0.25, 0.3) is 0 Å². The van der Waals surface area contributed by atoms with Crippen molar-refractivity contribution >= 4 is 17.6 Å². The van der Waals surface area contributed by atoms with E-state index in [2.05, 4.69) is 5.32 Å². The lowest BCUT2D eigenvalue weighted by atomic mass is 10.1. The molecule has 1 amide bonds. The molecule has 0 aromatic heterocycles. The molecule has 1 atom stereocenters. The van der Waals surface area contributed by atoms with Crippen LogP contribution in [0.5, 0.6) is 0 Å². The van der Waals surface area contributed by atoms with Crippen molar-refractivity contribution in [1.82, 2.24) is 4.90 Å². The second-order valence-corrected chi connectivity index (χ2v) is 4.43. The Labute approximate surface area is 112 Å². The van der Waals surface area contributed by atoms with E-state index in [0.29, 0.717) is 13.2 Å². The number of benzene rings is 1. The van der Waals surface area contributed by atoms with Crippen molar-refractivity contribution in [2.45, 2.75) is 19.4 Å². The van der Waals surface area contributed by atoms with Crippen molar-refractivity contribution in [1.29, 1.82) is 0 Å². The van der Waals surface area contributed by atoms with Gasteiger partial charge < -0.3 is 10.1 Å². The zero-order valence-corrected chi connectivity index (χ0v) is 11.0. The highest BCUT2D eigenvalue weighted by Crippen LogP contribution is 2.13. The molecule has 1 saturated heterocycles. The highest BCUT2D eigenvalue weighted by atomic mass is 16.5. The number of hydrogen-bond donors (Lipinski definition) is 1. The van der Waals surface area contributed by atoms with E-state index in [1.165, 1.54) is 0 Å². The molecule has 1 N–H and O–H groups in total. The van der Waals surface area contributed by atoms with Gasteiger partial charge >= 0.3 is 5.97 Å². The van der Waals surface area contributed by atoms with E-state index in [9.17, 15) is 9.59 Å². The van der Waals surface area contributed by atoms with Gasteiger partial charge in [0.2, 0.25) is 5.91 Å². The summed E-state index contributed by atoms with van der Waals surface area (Å²) in [4.78, 5) is 25.6. The summed E-state index contributed by atoms with van der Waals surface area (Å²) < 4.78 is 5.01. The molecule has 0 spiro atoms. The molecule has 0 saturated carbocycles. The van der Waals surface area contributed by atoms with Crippen LogP contribution in [-0.2, 0) is 14.3 Å². The van der Waals surface area contributed by atoms with Crippen LogP contribution in [0.15, 0.2) is 30.3 Å².